The number of furan rings is 1. The Hall–Kier alpha value is -1.29. The van der Waals surface area contributed by atoms with E-state index in [2.05, 4.69) is 19.2 Å². The van der Waals surface area contributed by atoms with Crippen molar-refractivity contribution in [3.63, 3.8) is 0 Å². The van der Waals surface area contributed by atoms with E-state index in [1.165, 1.54) is 0 Å². The molecule has 1 aromatic heterocycles. The molecule has 4 heteroatoms. The summed E-state index contributed by atoms with van der Waals surface area (Å²) in [7, 11) is 0. The highest BCUT2D eigenvalue weighted by Crippen LogP contribution is 2.15. The number of rotatable bonds is 6. The Kier molecular flexibility index (Phi) is 4.55. The first-order valence-electron chi connectivity index (χ1n) is 5.64. The van der Waals surface area contributed by atoms with Gasteiger partial charge < -0.3 is 14.8 Å². The first kappa shape index (κ1) is 12.8. The first-order chi connectivity index (χ1) is 7.58. The molecule has 1 heterocycles. The Balaban J connectivity index is 2.63. The molecule has 0 aromatic carbocycles. The van der Waals surface area contributed by atoms with Gasteiger partial charge >= 0.3 is 5.97 Å². The van der Waals surface area contributed by atoms with Crippen LogP contribution in [-0.4, -0.2) is 17.1 Å². The zero-order valence-corrected chi connectivity index (χ0v) is 10.0. The maximum Gasteiger partial charge on any atom is 0.371 e. The van der Waals surface area contributed by atoms with E-state index in [1.54, 1.807) is 13.0 Å². The minimum absolute atomic E-state index is 0.0128. The molecule has 1 aromatic rings. The summed E-state index contributed by atoms with van der Waals surface area (Å²) in [5.74, 6) is -0.327. The molecule has 0 bridgehead atoms. The van der Waals surface area contributed by atoms with Crippen molar-refractivity contribution in [2.75, 3.05) is 0 Å². The molecule has 0 fully saturated rings. The number of carboxylic acids is 1. The molecule has 0 amide bonds. The molecular weight excluding hydrogens is 206 g/mol. The van der Waals surface area contributed by atoms with Gasteiger partial charge in [-0.05, 0) is 25.8 Å². The van der Waals surface area contributed by atoms with Crippen molar-refractivity contribution in [1.82, 2.24) is 5.32 Å². The summed E-state index contributed by atoms with van der Waals surface area (Å²) in [6, 6.07) is 2.06. The van der Waals surface area contributed by atoms with Crippen LogP contribution in [0.1, 0.15) is 48.6 Å². The van der Waals surface area contributed by atoms with Crippen LogP contribution in [0.2, 0.25) is 0 Å². The Morgan fingerprint density at radius 3 is 2.56 bits per heavy atom. The number of hydrogen-bond donors (Lipinski definition) is 2. The van der Waals surface area contributed by atoms with Crippen LogP contribution in [-0.2, 0) is 6.54 Å². The number of carboxylic acid groups (broad SMARTS) is 1. The smallest absolute Gasteiger partial charge is 0.371 e. The number of carbonyl (C=O) groups is 1. The van der Waals surface area contributed by atoms with Crippen LogP contribution in [0, 0.1) is 6.92 Å². The monoisotopic (exact) mass is 225 g/mol. The molecule has 0 atom stereocenters. The van der Waals surface area contributed by atoms with Crippen LogP contribution in [0.25, 0.3) is 0 Å². The van der Waals surface area contributed by atoms with Gasteiger partial charge in [-0.15, -0.1) is 0 Å². The van der Waals surface area contributed by atoms with Crippen molar-refractivity contribution in [2.45, 2.75) is 46.2 Å². The van der Waals surface area contributed by atoms with E-state index in [4.69, 9.17) is 9.52 Å². The Morgan fingerprint density at radius 1 is 1.50 bits per heavy atom. The fraction of sp³-hybridized carbons (Fsp3) is 0.583. The van der Waals surface area contributed by atoms with E-state index in [1.807, 2.05) is 0 Å². The molecule has 0 aliphatic heterocycles. The zero-order chi connectivity index (χ0) is 12.1. The second-order valence-corrected chi connectivity index (χ2v) is 3.89. The van der Waals surface area contributed by atoms with Gasteiger partial charge in [0.1, 0.15) is 5.76 Å². The average Bonchev–Trinajstić information content (AvgIpc) is 2.62. The van der Waals surface area contributed by atoms with E-state index in [0.717, 1.165) is 18.4 Å². The van der Waals surface area contributed by atoms with Gasteiger partial charge in [0, 0.05) is 18.2 Å². The maximum atomic E-state index is 10.7. The number of nitrogens with one attached hydrogen (secondary N) is 1. The lowest BCUT2D eigenvalue weighted by atomic mass is 10.1. The van der Waals surface area contributed by atoms with Crippen molar-refractivity contribution >= 4 is 5.97 Å². The molecular formula is C12H19NO3. The van der Waals surface area contributed by atoms with Gasteiger partial charge in [-0.2, -0.15) is 0 Å². The number of aryl methyl sites for hydroxylation is 1. The third-order valence-corrected chi connectivity index (χ3v) is 2.80. The minimum atomic E-state index is -1.02. The zero-order valence-electron chi connectivity index (χ0n) is 10.0. The summed E-state index contributed by atoms with van der Waals surface area (Å²) in [5.41, 5.74) is 0.921. The Labute approximate surface area is 95.7 Å². The van der Waals surface area contributed by atoms with Gasteiger partial charge in [-0.25, -0.2) is 4.79 Å². The Bertz CT molecular complexity index is 353. The normalized spacial score (nSPS) is 11.0. The van der Waals surface area contributed by atoms with E-state index in [9.17, 15) is 4.79 Å². The predicted octanol–water partition coefficient (Wildman–Crippen LogP) is 2.56. The van der Waals surface area contributed by atoms with E-state index in [0.29, 0.717) is 18.3 Å². The molecule has 0 saturated heterocycles. The quantitative estimate of drug-likeness (QED) is 0.781. The van der Waals surface area contributed by atoms with Crippen LogP contribution in [0.5, 0.6) is 0 Å². The third kappa shape index (κ3) is 3.10. The van der Waals surface area contributed by atoms with Crippen LogP contribution < -0.4 is 5.32 Å². The fourth-order valence-electron chi connectivity index (χ4n) is 1.63. The molecule has 0 saturated carbocycles. The van der Waals surface area contributed by atoms with E-state index < -0.39 is 5.97 Å². The average molecular weight is 225 g/mol. The predicted molar refractivity (Wildman–Crippen MR) is 61.6 cm³/mol. The standard InChI is InChI=1S/C12H19NO3/c1-4-10(5-2)13-7-9-6-11(12(14)15)16-8(9)3/h6,10,13H,4-5,7H2,1-3H3,(H,14,15). The van der Waals surface area contributed by atoms with Crippen LogP contribution in [0.4, 0.5) is 0 Å². The molecule has 0 spiro atoms. The van der Waals surface area contributed by atoms with Crippen LogP contribution >= 0.6 is 0 Å². The second kappa shape index (κ2) is 5.70. The van der Waals surface area contributed by atoms with Crippen LogP contribution in [0.3, 0.4) is 0 Å². The highest BCUT2D eigenvalue weighted by Gasteiger charge is 2.13. The highest BCUT2D eigenvalue weighted by molar-refractivity contribution is 5.84. The molecule has 0 unspecified atom stereocenters. The van der Waals surface area contributed by atoms with Gasteiger partial charge in [-0.1, -0.05) is 13.8 Å². The van der Waals surface area contributed by atoms with E-state index >= 15 is 0 Å². The Morgan fingerprint density at radius 2 is 2.12 bits per heavy atom. The molecule has 1 rings (SSSR count). The number of hydrogen-bond acceptors (Lipinski definition) is 3. The number of aromatic carboxylic acids is 1. The summed E-state index contributed by atoms with van der Waals surface area (Å²) in [5, 5.41) is 12.2. The van der Waals surface area contributed by atoms with Crippen molar-refractivity contribution in [3.05, 3.63) is 23.2 Å². The summed E-state index contributed by atoms with van der Waals surface area (Å²) in [6.45, 7) is 6.71. The topological polar surface area (TPSA) is 62.5 Å². The molecule has 0 aliphatic carbocycles. The lowest BCUT2D eigenvalue weighted by Crippen LogP contribution is -2.27. The van der Waals surface area contributed by atoms with Crippen molar-refractivity contribution in [2.24, 2.45) is 0 Å². The first-order valence-corrected chi connectivity index (χ1v) is 5.64. The van der Waals surface area contributed by atoms with Crippen molar-refractivity contribution in [3.8, 4) is 0 Å². The van der Waals surface area contributed by atoms with Gasteiger partial charge in [-0.3, -0.25) is 0 Å². The molecule has 0 aliphatic rings. The second-order valence-electron chi connectivity index (χ2n) is 3.89. The SMILES string of the molecule is CCC(CC)NCc1cc(C(=O)O)oc1C. The summed E-state index contributed by atoms with van der Waals surface area (Å²) >= 11 is 0. The minimum Gasteiger partial charge on any atom is -0.475 e. The fourth-order valence-corrected chi connectivity index (χ4v) is 1.63. The summed E-state index contributed by atoms with van der Waals surface area (Å²) in [4.78, 5) is 10.7. The molecule has 90 valence electrons. The maximum absolute atomic E-state index is 10.7. The molecule has 2 N–H and O–H groups in total. The highest BCUT2D eigenvalue weighted by atomic mass is 16.4. The molecule has 16 heavy (non-hydrogen) atoms. The van der Waals surface area contributed by atoms with Gasteiger partial charge in [0.25, 0.3) is 0 Å². The van der Waals surface area contributed by atoms with Gasteiger partial charge in [0.2, 0.25) is 5.76 Å². The molecule has 4 nitrogen and oxygen atoms in total. The summed E-state index contributed by atoms with van der Waals surface area (Å²) in [6.07, 6.45) is 2.14. The van der Waals surface area contributed by atoms with Gasteiger partial charge in [0.05, 0.1) is 0 Å². The van der Waals surface area contributed by atoms with Crippen molar-refractivity contribution in [1.29, 1.82) is 0 Å². The molecule has 0 radical (unpaired) electrons. The summed E-state index contributed by atoms with van der Waals surface area (Å²) < 4.78 is 5.14. The van der Waals surface area contributed by atoms with E-state index in [-0.39, 0.29) is 5.76 Å². The lowest BCUT2D eigenvalue weighted by Gasteiger charge is -2.13. The van der Waals surface area contributed by atoms with Crippen molar-refractivity contribution < 1.29 is 14.3 Å². The third-order valence-electron chi connectivity index (χ3n) is 2.80. The van der Waals surface area contributed by atoms with Gasteiger partial charge in [0.15, 0.2) is 0 Å². The largest absolute Gasteiger partial charge is 0.475 e. The lowest BCUT2D eigenvalue weighted by molar-refractivity contribution is 0.0661. The van der Waals surface area contributed by atoms with Crippen LogP contribution in [0.15, 0.2) is 10.5 Å².